The third-order valence-corrected chi connectivity index (χ3v) is 2.78. The van der Waals surface area contributed by atoms with Crippen LogP contribution in [-0.4, -0.2) is 9.97 Å². The van der Waals surface area contributed by atoms with Crippen molar-refractivity contribution in [1.82, 2.24) is 9.97 Å². The summed E-state index contributed by atoms with van der Waals surface area (Å²) in [5.74, 6) is 0.256. The Morgan fingerprint density at radius 3 is 2.80 bits per heavy atom. The van der Waals surface area contributed by atoms with Gasteiger partial charge >= 0.3 is 0 Å². The maximum atomic E-state index is 13.0. The molecule has 0 radical (unpaired) electrons. The Balaban J connectivity index is 2.50. The zero-order chi connectivity index (χ0) is 10.8. The van der Waals surface area contributed by atoms with Crippen LogP contribution in [0.15, 0.2) is 34.9 Å². The lowest BCUT2D eigenvalue weighted by Gasteiger charge is -2.02. The molecule has 0 unspecified atom stereocenters. The van der Waals surface area contributed by atoms with Gasteiger partial charge in [0, 0.05) is 11.8 Å². The Morgan fingerprint density at radius 1 is 1.33 bits per heavy atom. The average molecular weight is 267 g/mol. The lowest BCUT2D eigenvalue weighted by molar-refractivity contribution is 0.628. The fraction of sp³-hybridized carbons (Fsp3) is 0.0909. The zero-order valence-electron chi connectivity index (χ0n) is 8.04. The highest BCUT2D eigenvalue weighted by Crippen LogP contribution is 2.19. The monoisotopic (exact) mass is 266 g/mol. The summed E-state index contributed by atoms with van der Waals surface area (Å²) in [6, 6.07) is 6.25. The third-order valence-electron chi connectivity index (χ3n) is 2.00. The van der Waals surface area contributed by atoms with E-state index in [2.05, 4.69) is 25.9 Å². The summed E-state index contributed by atoms with van der Waals surface area (Å²) in [4.78, 5) is 8.39. The first-order valence-corrected chi connectivity index (χ1v) is 5.21. The topological polar surface area (TPSA) is 25.8 Å². The predicted molar refractivity (Wildman–Crippen MR) is 59.9 cm³/mol. The largest absolute Gasteiger partial charge is 0.235 e. The van der Waals surface area contributed by atoms with E-state index in [1.165, 1.54) is 12.1 Å². The number of aromatic nitrogens is 2. The minimum atomic E-state index is -0.281. The number of hydrogen-bond acceptors (Lipinski definition) is 2. The Labute approximate surface area is 95.3 Å². The molecule has 0 aliphatic heterocycles. The van der Waals surface area contributed by atoms with Crippen molar-refractivity contribution in [2.24, 2.45) is 0 Å². The van der Waals surface area contributed by atoms with E-state index in [0.29, 0.717) is 11.4 Å². The summed E-state index contributed by atoms with van der Waals surface area (Å²) in [6.45, 7) is 1.87. The van der Waals surface area contributed by atoms with E-state index in [1.54, 1.807) is 18.3 Å². The number of halogens is 2. The molecule has 1 heterocycles. The van der Waals surface area contributed by atoms with E-state index in [0.717, 1.165) is 10.2 Å². The molecule has 0 saturated heterocycles. The summed E-state index contributed by atoms with van der Waals surface area (Å²) in [6.07, 6.45) is 1.67. The van der Waals surface area contributed by atoms with Crippen molar-refractivity contribution in [3.8, 4) is 11.4 Å². The van der Waals surface area contributed by atoms with Crippen molar-refractivity contribution in [2.45, 2.75) is 6.92 Å². The van der Waals surface area contributed by atoms with E-state index in [1.807, 2.05) is 6.92 Å². The smallest absolute Gasteiger partial charge is 0.159 e. The summed E-state index contributed by atoms with van der Waals surface area (Å²) in [5, 5.41) is 0. The molecule has 15 heavy (non-hydrogen) atoms. The van der Waals surface area contributed by atoms with Crippen LogP contribution < -0.4 is 0 Å². The number of hydrogen-bond donors (Lipinski definition) is 0. The van der Waals surface area contributed by atoms with Gasteiger partial charge in [0.2, 0.25) is 0 Å². The van der Waals surface area contributed by atoms with E-state index in [-0.39, 0.29) is 5.82 Å². The SMILES string of the molecule is Cc1nc(-c2cccc(F)c2)ncc1Br. The van der Waals surface area contributed by atoms with Gasteiger partial charge in [0.15, 0.2) is 5.82 Å². The predicted octanol–water partition coefficient (Wildman–Crippen LogP) is 3.35. The second-order valence-corrected chi connectivity index (χ2v) is 3.99. The summed E-state index contributed by atoms with van der Waals surface area (Å²) < 4.78 is 13.8. The third kappa shape index (κ3) is 2.21. The Hall–Kier alpha value is -1.29. The Kier molecular flexibility index (Phi) is 2.77. The summed E-state index contributed by atoms with van der Waals surface area (Å²) >= 11 is 3.32. The van der Waals surface area contributed by atoms with Gasteiger partial charge in [0.25, 0.3) is 0 Å². The van der Waals surface area contributed by atoms with Crippen LogP contribution in [-0.2, 0) is 0 Å². The highest BCUT2D eigenvalue weighted by atomic mass is 79.9. The molecule has 0 aliphatic rings. The Bertz CT molecular complexity index is 500. The van der Waals surface area contributed by atoms with Gasteiger partial charge in [-0.05, 0) is 35.0 Å². The lowest BCUT2D eigenvalue weighted by Crippen LogP contribution is -1.92. The highest BCUT2D eigenvalue weighted by Gasteiger charge is 2.04. The van der Waals surface area contributed by atoms with Crippen molar-refractivity contribution in [2.75, 3.05) is 0 Å². The van der Waals surface area contributed by atoms with Crippen molar-refractivity contribution < 1.29 is 4.39 Å². The molecule has 0 fully saturated rings. The number of rotatable bonds is 1. The standard InChI is InChI=1S/C11H8BrFN2/c1-7-10(12)6-14-11(15-7)8-3-2-4-9(13)5-8/h2-6H,1H3. The minimum absolute atomic E-state index is 0.281. The zero-order valence-corrected chi connectivity index (χ0v) is 9.62. The quantitative estimate of drug-likeness (QED) is 0.791. The van der Waals surface area contributed by atoms with Gasteiger partial charge in [-0.25, -0.2) is 14.4 Å². The first-order valence-electron chi connectivity index (χ1n) is 4.42. The van der Waals surface area contributed by atoms with Crippen molar-refractivity contribution in [1.29, 1.82) is 0 Å². The molecule has 0 saturated carbocycles. The molecule has 2 nitrogen and oxygen atoms in total. The Morgan fingerprint density at radius 2 is 2.13 bits per heavy atom. The van der Waals surface area contributed by atoms with Crippen molar-refractivity contribution in [3.05, 3.63) is 46.4 Å². The molecular weight excluding hydrogens is 259 g/mol. The van der Waals surface area contributed by atoms with Gasteiger partial charge in [0.05, 0.1) is 10.2 Å². The molecule has 0 amide bonds. The highest BCUT2D eigenvalue weighted by molar-refractivity contribution is 9.10. The van der Waals surface area contributed by atoms with E-state index in [4.69, 9.17) is 0 Å². The second-order valence-electron chi connectivity index (χ2n) is 3.14. The van der Waals surface area contributed by atoms with Crippen LogP contribution in [0.5, 0.6) is 0 Å². The van der Waals surface area contributed by atoms with E-state index < -0.39 is 0 Å². The summed E-state index contributed by atoms with van der Waals surface area (Å²) in [7, 11) is 0. The fourth-order valence-electron chi connectivity index (χ4n) is 1.22. The van der Waals surface area contributed by atoms with Crippen LogP contribution in [0.3, 0.4) is 0 Å². The van der Waals surface area contributed by atoms with Gasteiger partial charge in [-0.15, -0.1) is 0 Å². The van der Waals surface area contributed by atoms with E-state index >= 15 is 0 Å². The molecule has 76 valence electrons. The number of benzene rings is 1. The second kappa shape index (κ2) is 4.06. The van der Waals surface area contributed by atoms with Crippen LogP contribution in [0.2, 0.25) is 0 Å². The van der Waals surface area contributed by atoms with Crippen LogP contribution >= 0.6 is 15.9 Å². The molecule has 0 aliphatic carbocycles. The normalized spacial score (nSPS) is 10.3. The molecule has 0 N–H and O–H groups in total. The molecule has 0 bridgehead atoms. The first kappa shape index (κ1) is 10.2. The lowest BCUT2D eigenvalue weighted by atomic mass is 10.2. The van der Waals surface area contributed by atoms with Crippen molar-refractivity contribution >= 4 is 15.9 Å². The molecule has 4 heteroatoms. The maximum Gasteiger partial charge on any atom is 0.159 e. The maximum absolute atomic E-state index is 13.0. The number of aryl methyl sites for hydroxylation is 1. The molecular formula is C11H8BrFN2. The van der Waals surface area contributed by atoms with Gasteiger partial charge in [-0.3, -0.25) is 0 Å². The minimum Gasteiger partial charge on any atom is -0.235 e. The summed E-state index contributed by atoms with van der Waals surface area (Å²) in [5.41, 5.74) is 1.52. The fourth-order valence-corrected chi connectivity index (χ4v) is 1.41. The first-order chi connectivity index (χ1) is 7.16. The van der Waals surface area contributed by atoms with Gasteiger partial charge in [-0.1, -0.05) is 12.1 Å². The van der Waals surface area contributed by atoms with Gasteiger partial charge in [-0.2, -0.15) is 0 Å². The van der Waals surface area contributed by atoms with Gasteiger partial charge in [0.1, 0.15) is 5.82 Å². The average Bonchev–Trinajstić information content (AvgIpc) is 2.22. The van der Waals surface area contributed by atoms with Gasteiger partial charge < -0.3 is 0 Å². The van der Waals surface area contributed by atoms with Crippen LogP contribution in [0, 0.1) is 12.7 Å². The molecule has 0 atom stereocenters. The van der Waals surface area contributed by atoms with Crippen LogP contribution in [0.25, 0.3) is 11.4 Å². The molecule has 0 spiro atoms. The van der Waals surface area contributed by atoms with Crippen LogP contribution in [0.1, 0.15) is 5.69 Å². The van der Waals surface area contributed by atoms with Crippen LogP contribution in [0.4, 0.5) is 4.39 Å². The molecule has 2 rings (SSSR count). The van der Waals surface area contributed by atoms with E-state index in [9.17, 15) is 4.39 Å². The molecule has 2 aromatic rings. The molecule has 1 aromatic heterocycles. The number of nitrogens with zero attached hydrogens (tertiary/aromatic N) is 2. The van der Waals surface area contributed by atoms with Crippen molar-refractivity contribution in [3.63, 3.8) is 0 Å². The molecule has 1 aromatic carbocycles.